The van der Waals surface area contributed by atoms with Crippen LogP contribution >= 0.6 is 12.2 Å². The van der Waals surface area contributed by atoms with Gasteiger partial charge in [-0.1, -0.05) is 48.5 Å². The fourth-order valence-corrected chi connectivity index (χ4v) is 5.28. The molecule has 1 N–H and O–H groups in total. The van der Waals surface area contributed by atoms with Crippen LogP contribution in [-0.4, -0.2) is 21.8 Å². The van der Waals surface area contributed by atoms with E-state index in [0.717, 1.165) is 28.5 Å². The van der Waals surface area contributed by atoms with Crippen LogP contribution in [0, 0.1) is 0 Å². The van der Waals surface area contributed by atoms with Crippen LogP contribution in [0.1, 0.15) is 23.5 Å². The molecule has 5 aromatic rings. The molecular formula is C29H24N4OS. The van der Waals surface area contributed by atoms with Crippen molar-refractivity contribution in [3.8, 4) is 11.4 Å². The highest BCUT2D eigenvalue weighted by Crippen LogP contribution is 2.44. The average Bonchev–Trinajstić information content (AvgIpc) is 3.53. The smallest absolute Gasteiger partial charge is 0.174 e. The number of aromatic nitrogens is 2. The number of fused-ring (bicyclic) bond motifs is 1. The second-order valence-electron chi connectivity index (χ2n) is 8.50. The molecule has 5 nitrogen and oxygen atoms in total. The van der Waals surface area contributed by atoms with Crippen molar-refractivity contribution in [1.82, 2.24) is 14.9 Å². The van der Waals surface area contributed by atoms with E-state index in [4.69, 9.17) is 17.0 Å². The number of anilines is 1. The maximum atomic E-state index is 5.90. The highest BCUT2D eigenvalue weighted by molar-refractivity contribution is 7.80. The molecule has 0 spiro atoms. The lowest BCUT2D eigenvalue weighted by molar-refractivity contribution is 0.414. The fraction of sp³-hybridized carbons (Fsp3) is 0.103. The van der Waals surface area contributed by atoms with E-state index in [1.165, 1.54) is 10.8 Å². The summed E-state index contributed by atoms with van der Waals surface area (Å²) in [5.74, 6) is 0.770. The van der Waals surface area contributed by atoms with Crippen molar-refractivity contribution in [2.75, 3.05) is 12.0 Å². The van der Waals surface area contributed by atoms with Crippen molar-refractivity contribution in [2.45, 2.75) is 12.1 Å². The Hall–Kier alpha value is -4.16. The second kappa shape index (κ2) is 8.89. The van der Waals surface area contributed by atoms with Crippen molar-refractivity contribution in [3.63, 3.8) is 0 Å². The van der Waals surface area contributed by atoms with E-state index in [1.807, 2.05) is 48.7 Å². The van der Waals surface area contributed by atoms with Gasteiger partial charge in [-0.2, -0.15) is 0 Å². The SMILES string of the molecule is COc1ccccc1N1C(=S)N[C@@H](c2ccccn2)[C@@H]1c1cccn1-c1ccc2ccccc2c1. The number of benzene rings is 3. The molecule has 1 fully saturated rings. The standard InChI is InChI=1S/C29H24N4OS/c1-34-26-14-5-4-12-24(26)33-28(27(31-29(33)35)23-11-6-7-17-30-23)25-13-8-18-32(25)22-16-15-20-9-2-3-10-21(20)19-22/h2-19,27-28H,1H3,(H,31,35)/t27-,28-/m0/s1. The molecule has 0 bridgehead atoms. The first-order valence-electron chi connectivity index (χ1n) is 11.5. The molecular weight excluding hydrogens is 452 g/mol. The molecule has 1 saturated heterocycles. The minimum atomic E-state index is -0.143. The van der Waals surface area contributed by atoms with E-state index in [-0.39, 0.29) is 12.1 Å². The molecule has 172 valence electrons. The van der Waals surface area contributed by atoms with Gasteiger partial charge in [-0.15, -0.1) is 0 Å². The molecule has 2 aromatic heterocycles. The molecule has 6 rings (SSSR count). The van der Waals surface area contributed by atoms with Crippen LogP contribution in [0.5, 0.6) is 5.75 Å². The zero-order chi connectivity index (χ0) is 23.8. The molecule has 0 aliphatic carbocycles. The maximum absolute atomic E-state index is 5.90. The predicted molar refractivity (Wildman–Crippen MR) is 144 cm³/mol. The normalized spacial score (nSPS) is 17.5. The first-order valence-corrected chi connectivity index (χ1v) is 12.0. The van der Waals surface area contributed by atoms with Gasteiger partial charge < -0.3 is 19.5 Å². The van der Waals surface area contributed by atoms with Gasteiger partial charge >= 0.3 is 0 Å². The number of nitrogens with one attached hydrogen (secondary N) is 1. The number of hydrogen-bond donors (Lipinski definition) is 1. The Labute approximate surface area is 209 Å². The van der Waals surface area contributed by atoms with Gasteiger partial charge in [-0.3, -0.25) is 4.98 Å². The zero-order valence-electron chi connectivity index (χ0n) is 19.2. The van der Waals surface area contributed by atoms with Crippen LogP contribution in [0.2, 0.25) is 0 Å². The Morgan fingerprint density at radius 2 is 1.66 bits per heavy atom. The Morgan fingerprint density at radius 1 is 0.857 bits per heavy atom. The number of thiocarbonyl (C=S) groups is 1. The summed E-state index contributed by atoms with van der Waals surface area (Å²) in [5, 5.41) is 6.60. The topological polar surface area (TPSA) is 42.3 Å². The van der Waals surface area contributed by atoms with Crippen LogP contribution in [0.4, 0.5) is 5.69 Å². The van der Waals surface area contributed by atoms with Crippen LogP contribution in [-0.2, 0) is 0 Å². The van der Waals surface area contributed by atoms with Gasteiger partial charge in [-0.05, 0) is 71.5 Å². The van der Waals surface area contributed by atoms with Crippen LogP contribution in [0.3, 0.4) is 0 Å². The van der Waals surface area contributed by atoms with E-state index in [1.54, 1.807) is 7.11 Å². The minimum Gasteiger partial charge on any atom is -0.495 e. The van der Waals surface area contributed by atoms with Crippen molar-refractivity contribution in [3.05, 3.63) is 121 Å². The average molecular weight is 477 g/mol. The molecule has 1 aliphatic rings. The van der Waals surface area contributed by atoms with Gasteiger partial charge in [0.05, 0.1) is 24.5 Å². The molecule has 0 unspecified atom stereocenters. The molecule has 0 amide bonds. The monoisotopic (exact) mass is 476 g/mol. The largest absolute Gasteiger partial charge is 0.495 e. The van der Waals surface area contributed by atoms with E-state index in [9.17, 15) is 0 Å². The van der Waals surface area contributed by atoms with Crippen LogP contribution in [0.25, 0.3) is 16.5 Å². The minimum absolute atomic E-state index is 0.136. The predicted octanol–water partition coefficient (Wildman–Crippen LogP) is 6.21. The molecule has 0 radical (unpaired) electrons. The Kier molecular flexibility index (Phi) is 5.43. The van der Waals surface area contributed by atoms with Gasteiger partial charge in [0.15, 0.2) is 5.11 Å². The lowest BCUT2D eigenvalue weighted by Gasteiger charge is -2.30. The summed E-state index contributed by atoms with van der Waals surface area (Å²) in [4.78, 5) is 6.83. The Morgan fingerprint density at radius 3 is 2.49 bits per heavy atom. The molecule has 6 heteroatoms. The summed E-state index contributed by atoms with van der Waals surface area (Å²) in [6.45, 7) is 0. The maximum Gasteiger partial charge on any atom is 0.174 e. The van der Waals surface area contributed by atoms with Gasteiger partial charge in [0.25, 0.3) is 0 Å². The summed E-state index contributed by atoms with van der Waals surface area (Å²) in [6.07, 6.45) is 3.93. The molecule has 2 atom stereocenters. The summed E-state index contributed by atoms with van der Waals surface area (Å²) in [7, 11) is 1.69. The van der Waals surface area contributed by atoms with Crippen LogP contribution < -0.4 is 15.0 Å². The highest BCUT2D eigenvalue weighted by atomic mass is 32.1. The Bertz CT molecular complexity index is 1510. The number of pyridine rings is 1. The third-order valence-electron chi connectivity index (χ3n) is 6.54. The highest BCUT2D eigenvalue weighted by Gasteiger charge is 2.43. The lowest BCUT2D eigenvalue weighted by Crippen LogP contribution is -2.30. The summed E-state index contributed by atoms with van der Waals surface area (Å²) >= 11 is 5.90. The fourth-order valence-electron chi connectivity index (χ4n) is 4.94. The number of hydrogen-bond acceptors (Lipinski definition) is 3. The van der Waals surface area contributed by atoms with Crippen molar-refractivity contribution >= 4 is 33.8 Å². The third-order valence-corrected chi connectivity index (χ3v) is 6.85. The van der Waals surface area contributed by atoms with Crippen LogP contribution in [0.15, 0.2) is 109 Å². The van der Waals surface area contributed by atoms with E-state index >= 15 is 0 Å². The summed E-state index contributed by atoms with van der Waals surface area (Å²) < 4.78 is 7.97. The first kappa shape index (κ1) is 21.4. The van der Waals surface area contributed by atoms with Gasteiger partial charge in [0, 0.05) is 23.8 Å². The van der Waals surface area contributed by atoms with E-state index < -0.39 is 0 Å². The molecule has 0 saturated carbocycles. The van der Waals surface area contributed by atoms with Crippen molar-refractivity contribution in [2.24, 2.45) is 0 Å². The lowest BCUT2D eigenvalue weighted by atomic mass is 10.0. The van der Waals surface area contributed by atoms with Gasteiger partial charge in [0.1, 0.15) is 11.8 Å². The van der Waals surface area contributed by atoms with Gasteiger partial charge in [0.2, 0.25) is 0 Å². The number of ether oxygens (including phenoxy) is 1. The van der Waals surface area contributed by atoms with Crippen molar-refractivity contribution < 1.29 is 4.74 Å². The van der Waals surface area contributed by atoms with E-state index in [2.05, 4.69) is 80.6 Å². The Balaban J connectivity index is 1.53. The van der Waals surface area contributed by atoms with Gasteiger partial charge in [-0.25, -0.2) is 0 Å². The molecule has 1 aliphatic heterocycles. The third kappa shape index (κ3) is 3.72. The number of methoxy groups -OCH3 is 1. The van der Waals surface area contributed by atoms with E-state index in [0.29, 0.717) is 5.11 Å². The second-order valence-corrected chi connectivity index (χ2v) is 8.89. The number of rotatable bonds is 5. The van der Waals surface area contributed by atoms with Crippen molar-refractivity contribution in [1.29, 1.82) is 0 Å². The number of nitrogens with zero attached hydrogens (tertiary/aromatic N) is 3. The molecule has 3 aromatic carbocycles. The molecule has 35 heavy (non-hydrogen) atoms. The quantitative estimate of drug-likeness (QED) is 0.306. The molecule has 3 heterocycles. The first-order chi connectivity index (χ1) is 17.2. The summed E-state index contributed by atoms with van der Waals surface area (Å²) in [5.41, 5.74) is 4.06. The number of para-hydroxylation sites is 2. The summed E-state index contributed by atoms with van der Waals surface area (Å²) in [6, 6.07) is 32.9. The zero-order valence-corrected chi connectivity index (χ0v) is 20.0.